The van der Waals surface area contributed by atoms with E-state index in [9.17, 15) is 0 Å². The van der Waals surface area contributed by atoms with Crippen LogP contribution in [0.5, 0.6) is 0 Å². The van der Waals surface area contributed by atoms with Crippen molar-refractivity contribution in [2.24, 2.45) is 5.92 Å². The fourth-order valence-corrected chi connectivity index (χ4v) is 3.69. The third-order valence-electron chi connectivity index (χ3n) is 4.83. The lowest BCUT2D eigenvalue weighted by Crippen LogP contribution is -2.51. The maximum atomic E-state index is 5.74. The number of aromatic nitrogens is 3. The molecular weight excluding hydrogens is 268 g/mol. The van der Waals surface area contributed by atoms with Crippen LogP contribution < -0.4 is 0 Å². The monoisotopic (exact) mass is 294 g/mol. The molecule has 0 radical (unpaired) electrons. The van der Waals surface area contributed by atoms with Crippen LogP contribution in [0, 0.1) is 5.92 Å². The first-order valence-electron chi connectivity index (χ1n) is 8.06. The predicted molar refractivity (Wildman–Crippen MR) is 78.9 cm³/mol. The van der Waals surface area contributed by atoms with Crippen LogP contribution in [0.25, 0.3) is 0 Å². The van der Waals surface area contributed by atoms with Gasteiger partial charge in [0.1, 0.15) is 11.6 Å². The number of nitrogens with zero attached hydrogens (tertiary/aromatic N) is 3. The van der Waals surface area contributed by atoms with Gasteiger partial charge in [0, 0.05) is 32.0 Å². The normalized spacial score (nSPS) is 30.9. The van der Waals surface area contributed by atoms with Crippen LogP contribution in [0.2, 0.25) is 0 Å². The minimum Gasteiger partial charge on any atom is -0.381 e. The van der Waals surface area contributed by atoms with Crippen molar-refractivity contribution < 1.29 is 9.47 Å². The van der Waals surface area contributed by atoms with Crippen molar-refractivity contribution in [3.63, 3.8) is 0 Å². The molecule has 3 unspecified atom stereocenters. The number of aryl methyl sites for hydroxylation is 1. The first-order chi connectivity index (χ1) is 10.3. The van der Waals surface area contributed by atoms with Crippen molar-refractivity contribution >= 4 is 0 Å². The summed E-state index contributed by atoms with van der Waals surface area (Å²) in [7, 11) is 1.83. The van der Waals surface area contributed by atoms with E-state index in [0.717, 1.165) is 44.4 Å². The van der Waals surface area contributed by atoms with Gasteiger partial charge in [-0.1, -0.05) is 13.3 Å². The van der Waals surface area contributed by atoms with Crippen LogP contribution >= 0.6 is 0 Å². The number of aromatic amines is 1. The third-order valence-corrected chi connectivity index (χ3v) is 4.83. The van der Waals surface area contributed by atoms with E-state index in [4.69, 9.17) is 9.47 Å². The number of methoxy groups -OCH3 is 1. The number of ether oxygens (including phenoxy) is 2. The summed E-state index contributed by atoms with van der Waals surface area (Å²) < 4.78 is 11.4. The minimum atomic E-state index is 0.375. The van der Waals surface area contributed by atoms with Gasteiger partial charge < -0.3 is 9.47 Å². The summed E-state index contributed by atoms with van der Waals surface area (Å²) in [4.78, 5) is 7.03. The van der Waals surface area contributed by atoms with Gasteiger partial charge in [0.2, 0.25) is 0 Å². The SMILES string of the molecule is CCc1n[nH]c(CN2CCOCC2C2CCCC2OC)n1. The Morgan fingerprint density at radius 2 is 2.33 bits per heavy atom. The van der Waals surface area contributed by atoms with Crippen LogP contribution in [-0.4, -0.2) is 59.1 Å². The van der Waals surface area contributed by atoms with E-state index < -0.39 is 0 Å². The van der Waals surface area contributed by atoms with Crippen molar-refractivity contribution in [1.29, 1.82) is 0 Å². The fraction of sp³-hybridized carbons (Fsp3) is 0.867. The molecular formula is C15H26N4O2. The summed E-state index contributed by atoms with van der Waals surface area (Å²) in [5.41, 5.74) is 0. The molecule has 1 aromatic rings. The Balaban J connectivity index is 1.69. The van der Waals surface area contributed by atoms with Crippen LogP contribution in [0.15, 0.2) is 0 Å². The van der Waals surface area contributed by atoms with E-state index in [2.05, 4.69) is 27.0 Å². The van der Waals surface area contributed by atoms with Gasteiger partial charge in [0.05, 0.1) is 25.9 Å². The maximum Gasteiger partial charge on any atom is 0.150 e. The van der Waals surface area contributed by atoms with E-state index in [1.807, 2.05) is 7.11 Å². The topological polar surface area (TPSA) is 63.3 Å². The average molecular weight is 294 g/mol. The molecule has 1 aliphatic heterocycles. The van der Waals surface area contributed by atoms with Crippen molar-refractivity contribution in [3.05, 3.63) is 11.6 Å². The highest BCUT2D eigenvalue weighted by Crippen LogP contribution is 2.34. The van der Waals surface area contributed by atoms with E-state index >= 15 is 0 Å². The molecule has 21 heavy (non-hydrogen) atoms. The molecule has 6 nitrogen and oxygen atoms in total. The molecule has 1 N–H and O–H groups in total. The van der Waals surface area contributed by atoms with Crippen LogP contribution in [0.4, 0.5) is 0 Å². The summed E-state index contributed by atoms with van der Waals surface area (Å²) in [6.45, 7) is 5.47. The predicted octanol–water partition coefficient (Wildman–Crippen LogP) is 1.38. The van der Waals surface area contributed by atoms with Crippen LogP contribution in [0.1, 0.15) is 37.8 Å². The van der Waals surface area contributed by atoms with Gasteiger partial charge in [-0.15, -0.1) is 0 Å². The lowest BCUT2D eigenvalue weighted by atomic mass is 9.94. The van der Waals surface area contributed by atoms with Crippen molar-refractivity contribution in [2.75, 3.05) is 26.9 Å². The first kappa shape index (κ1) is 14.9. The van der Waals surface area contributed by atoms with Crippen molar-refractivity contribution in [2.45, 2.75) is 51.3 Å². The number of H-pyrrole nitrogens is 1. The van der Waals surface area contributed by atoms with E-state index in [0.29, 0.717) is 18.1 Å². The molecule has 0 aromatic carbocycles. The van der Waals surface area contributed by atoms with Crippen LogP contribution in [-0.2, 0) is 22.4 Å². The molecule has 118 valence electrons. The van der Waals surface area contributed by atoms with E-state index in [-0.39, 0.29) is 0 Å². The fourth-order valence-electron chi connectivity index (χ4n) is 3.69. The lowest BCUT2D eigenvalue weighted by Gasteiger charge is -2.40. The molecule has 6 heteroatoms. The van der Waals surface area contributed by atoms with Gasteiger partial charge in [-0.25, -0.2) is 4.98 Å². The molecule has 2 heterocycles. The molecule has 0 amide bonds. The second-order valence-electron chi connectivity index (χ2n) is 6.03. The molecule has 1 saturated carbocycles. The van der Waals surface area contributed by atoms with Crippen molar-refractivity contribution in [3.8, 4) is 0 Å². The summed E-state index contributed by atoms with van der Waals surface area (Å²) in [5.74, 6) is 2.43. The highest BCUT2D eigenvalue weighted by molar-refractivity contribution is 4.95. The molecule has 2 fully saturated rings. The average Bonchev–Trinajstić information content (AvgIpc) is 3.16. The molecule has 3 atom stereocenters. The van der Waals surface area contributed by atoms with Gasteiger partial charge in [-0.3, -0.25) is 10.00 Å². The lowest BCUT2D eigenvalue weighted by molar-refractivity contribution is -0.0615. The van der Waals surface area contributed by atoms with Gasteiger partial charge in [0.15, 0.2) is 0 Å². The molecule has 1 saturated heterocycles. The standard InChI is InChI=1S/C15H26N4O2/c1-3-14-16-15(18-17-14)9-19-7-8-21-10-12(19)11-5-4-6-13(11)20-2/h11-13H,3-10H2,1-2H3,(H,16,17,18). The zero-order valence-electron chi connectivity index (χ0n) is 13.0. The second kappa shape index (κ2) is 6.85. The number of nitrogens with one attached hydrogen (secondary N) is 1. The number of morpholine rings is 1. The zero-order chi connectivity index (χ0) is 14.7. The van der Waals surface area contributed by atoms with E-state index in [1.165, 1.54) is 19.3 Å². The van der Waals surface area contributed by atoms with Gasteiger partial charge in [0.25, 0.3) is 0 Å². The Kier molecular flexibility index (Phi) is 4.87. The maximum absolute atomic E-state index is 5.74. The Hall–Kier alpha value is -0.980. The Morgan fingerprint density at radius 3 is 3.10 bits per heavy atom. The van der Waals surface area contributed by atoms with E-state index in [1.54, 1.807) is 0 Å². The summed E-state index contributed by atoms with van der Waals surface area (Å²) in [6, 6.07) is 0.432. The zero-order valence-corrected chi connectivity index (χ0v) is 13.0. The minimum absolute atomic E-state index is 0.375. The number of hydrogen-bond donors (Lipinski definition) is 1. The second-order valence-corrected chi connectivity index (χ2v) is 6.03. The smallest absolute Gasteiger partial charge is 0.150 e. The quantitative estimate of drug-likeness (QED) is 0.889. The summed E-state index contributed by atoms with van der Waals surface area (Å²) in [6.07, 6.45) is 4.92. The van der Waals surface area contributed by atoms with Crippen molar-refractivity contribution in [1.82, 2.24) is 20.1 Å². The molecule has 2 aliphatic rings. The molecule has 1 aliphatic carbocycles. The van der Waals surface area contributed by atoms with Gasteiger partial charge in [-0.05, 0) is 12.8 Å². The number of hydrogen-bond acceptors (Lipinski definition) is 5. The molecule has 3 rings (SSSR count). The Bertz CT molecular complexity index is 451. The summed E-state index contributed by atoms with van der Waals surface area (Å²) >= 11 is 0. The largest absolute Gasteiger partial charge is 0.381 e. The van der Waals surface area contributed by atoms with Gasteiger partial charge >= 0.3 is 0 Å². The molecule has 1 aromatic heterocycles. The Labute approximate surface area is 126 Å². The third kappa shape index (κ3) is 3.27. The summed E-state index contributed by atoms with van der Waals surface area (Å²) in [5, 5.41) is 7.30. The van der Waals surface area contributed by atoms with Gasteiger partial charge in [-0.2, -0.15) is 5.10 Å². The highest BCUT2D eigenvalue weighted by atomic mass is 16.5. The molecule has 0 spiro atoms. The Morgan fingerprint density at radius 1 is 1.43 bits per heavy atom. The van der Waals surface area contributed by atoms with Crippen LogP contribution in [0.3, 0.4) is 0 Å². The number of rotatable bonds is 5. The first-order valence-corrected chi connectivity index (χ1v) is 8.06. The molecule has 0 bridgehead atoms. The highest BCUT2D eigenvalue weighted by Gasteiger charge is 2.38.